The second kappa shape index (κ2) is 7.89. The maximum Gasteiger partial charge on any atom is -0.0128 e. The molecule has 0 saturated heterocycles. The number of hydrogen-bond acceptors (Lipinski definition) is 0. The summed E-state index contributed by atoms with van der Waals surface area (Å²) in [6.45, 7) is 2.20. The summed E-state index contributed by atoms with van der Waals surface area (Å²) in [5.41, 5.74) is 9.23. The van der Waals surface area contributed by atoms with Gasteiger partial charge < -0.3 is 0 Å². The lowest BCUT2D eigenvalue weighted by Crippen LogP contribution is -1.91. The van der Waals surface area contributed by atoms with Gasteiger partial charge in [0.1, 0.15) is 0 Å². The van der Waals surface area contributed by atoms with Crippen LogP contribution in [0.4, 0.5) is 0 Å². The van der Waals surface area contributed by atoms with Gasteiger partial charge in [0.15, 0.2) is 0 Å². The highest BCUT2D eigenvalue weighted by molar-refractivity contribution is 7.27. The molecule has 3 unspecified atom stereocenters. The van der Waals surface area contributed by atoms with E-state index in [9.17, 15) is 0 Å². The lowest BCUT2D eigenvalue weighted by molar-refractivity contribution is 1.33. The standard InChI is InChI=1S/C21H23P3/c1-14-8-18(17-2-5-20(24)6-3-17)4-7-21(14)19-10-15(12-22)9-16(11-19)13-23/h2-11H,12-13,22-24H2,1H3. The molecular formula is C21H23P3. The highest BCUT2D eigenvalue weighted by Crippen LogP contribution is 2.30. The fourth-order valence-electron chi connectivity index (χ4n) is 3.00. The van der Waals surface area contributed by atoms with E-state index in [4.69, 9.17) is 0 Å². The fourth-order valence-corrected chi connectivity index (χ4v) is 3.66. The summed E-state index contributed by atoms with van der Waals surface area (Å²) in [6, 6.07) is 22.3. The van der Waals surface area contributed by atoms with Gasteiger partial charge >= 0.3 is 0 Å². The molecule has 0 heterocycles. The summed E-state index contributed by atoms with van der Waals surface area (Å²) in [6.07, 6.45) is 1.98. The van der Waals surface area contributed by atoms with Gasteiger partial charge in [0, 0.05) is 0 Å². The smallest absolute Gasteiger partial charge is 0.0128 e. The van der Waals surface area contributed by atoms with Gasteiger partial charge in [0.2, 0.25) is 0 Å². The lowest BCUT2D eigenvalue weighted by Gasteiger charge is -2.12. The molecule has 0 spiro atoms. The molecule has 0 nitrogen and oxygen atoms in total. The predicted molar refractivity (Wildman–Crippen MR) is 118 cm³/mol. The summed E-state index contributed by atoms with van der Waals surface area (Å²) in [7, 11) is 8.39. The predicted octanol–water partition coefficient (Wildman–Crippen LogP) is 5.58. The Balaban J connectivity index is 2.03. The van der Waals surface area contributed by atoms with Crippen LogP contribution in [0.25, 0.3) is 22.3 Å². The van der Waals surface area contributed by atoms with Crippen molar-refractivity contribution in [2.24, 2.45) is 0 Å². The normalized spacial score (nSPS) is 10.8. The first-order valence-electron chi connectivity index (χ1n) is 8.10. The van der Waals surface area contributed by atoms with Crippen LogP contribution in [0.5, 0.6) is 0 Å². The second-order valence-electron chi connectivity index (χ2n) is 6.10. The van der Waals surface area contributed by atoms with Crippen LogP contribution in [0.1, 0.15) is 16.7 Å². The topological polar surface area (TPSA) is 0 Å². The van der Waals surface area contributed by atoms with Crippen LogP contribution in [0.2, 0.25) is 0 Å². The van der Waals surface area contributed by atoms with Crippen LogP contribution in [-0.4, -0.2) is 0 Å². The Labute approximate surface area is 152 Å². The number of aryl methyl sites for hydroxylation is 1. The molecule has 24 heavy (non-hydrogen) atoms. The van der Waals surface area contributed by atoms with Crippen LogP contribution in [0.3, 0.4) is 0 Å². The second-order valence-corrected chi connectivity index (χ2v) is 7.58. The Morgan fingerprint density at radius 1 is 0.667 bits per heavy atom. The highest BCUT2D eigenvalue weighted by atomic mass is 31.0. The van der Waals surface area contributed by atoms with Crippen LogP contribution in [-0.2, 0) is 12.3 Å². The fraction of sp³-hybridized carbons (Fsp3) is 0.143. The molecule has 0 radical (unpaired) electrons. The van der Waals surface area contributed by atoms with E-state index in [0.717, 1.165) is 12.3 Å². The van der Waals surface area contributed by atoms with Crippen molar-refractivity contribution in [3.8, 4) is 22.3 Å². The summed E-state index contributed by atoms with van der Waals surface area (Å²) in [5, 5.41) is 1.21. The average molecular weight is 368 g/mol. The van der Waals surface area contributed by atoms with E-state index < -0.39 is 0 Å². The third kappa shape index (κ3) is 3.95. The van der Waals surface area contributed by atoms with Crippen molar-refractivity contribution in [1.29, 1.82) is 0 Å². The van der Waals surface area contributed by atoms with Gasteiger partial charge in [0.05, 0.1) is 0 Å². The molecule has 3 rings (SSSR count). The van der Waals surface area contributed by atoms with Crippen molar-refractivity contribution < 1.29 is 0 Å². The zero-order valence-corrected chi connectivity index (χ0v) is 17.4. The van der Waals surface area contributed by atoms with Crippen molar-refractivity contribution in [3.63, 3.8) is 0 Å². The summed E-state index contributed by atoms with van der Waals surface area (Å²) < 4.78 is 0. The van der Waals surface area contributed by atoms with Gasteiger partial charge in [-0.1, -0.05) is 60.7 Å². The molecule has 0 aromatic heterocycles. The zero-order valence-electron chi connectivity index (χ0n) is 13.9. The molecule has 0 fully saturated rings. The molecule has 0 N–H and O–H groups in total. The molecular weight excluding hydrogens is 345 g/mol. The van der Waals surface area contributed by atoms with E-state index in [1.54, 1.807) is 0 Å². The van der Waals surface area contributed by atoms with Crippen LogP contribution in [0, 0.1) is 6.92 Å². The molecule has 3 atom stereocenters. The van der Waals surface area contributed by atoms with Crippen LogP contribution >= 0.6 is 27.7 Å². The van der Waals surface area contributed by atoms with Gasteiger partial charge in [-0.2, -0.15) is 0 Å². The number of hydrogen-bond donors (Lipinski definition) is 0. The van der Waals surface area contributed by atoms with Gasteiger partial charge in [-0.25, -0.2) is 0 Å². The minimum absolute atomic E-state index is 0.990. The highest BCUT2D eigenvalue weighted by Gasteiger charge is 2.07. The molecule has 0 bridgehead atoms. The Bertz CT molecular complexity index is 829. The van der Waals surface area contributed by atoms with E-state index in [0.29, 0.717) is 0 Å². The van der Waals surface area contributed by atoms with Crippen molar-refractivity contribution in [2.45, 2.75) is 19.2 Å². The van der Waals surface area contributed by atoms with Crippen molar-refractivity contribution in [2.75, 3.05) is 0 Å². The maximum atomic E-state index is 2.83. The third-order valence-corrected chi connectivity index (χ3v) is 5.63. The molecule has 0 aliphatic rings. The molecule has 0 aliphatic carbocycles. The summed E-state index contributed by atoms with van der Waals surface area (Å²) >= 11 is 0. The quantitative estimate of drug-likeness (QED) is 0.528. The number of rotatable bonds is 4. The minimum atomic E-state index is 0.990. The monoisotopic (exact) mass is 368 g/mol. The average Bonchev–Trinajstić information content (AvgIpc) is 2.61. The summed E-state index contributed by atoms with van der Waals surface area (Å²) in [5.74, 6) is 0. The van der Waals surface area contributed by atoms with Crippen LogP contribution in [0.15, 0.2) is 60.7 Å². The Hall–Kier alpha value is -1.05. The first kappa shape index (κ1) is 17.8. The summed E-state index contributed by atoms with van der Waals surface area (Å²) in [4.78, 5) is 0. The first-order valence-corrected chi connectivity index (χ1v) is 10.3. The maximum absolute atomic E-state index is 2.83. The Morgan fingerprint density at radius 2 is 1.25 bits per heavy atom. The Morgan fingerprint density at radius 3 is 1.79 bits per heavy atom. The van der Waals surface area contributed by atoms with E-state index in [2.05, 4.69) is 95.3 Å². The first-order chi connectivity index (χ1) is 11.6. The molecule has 0 saturated carbocycles. The van der Waals surface area contributed by atoms with Gasteiger partial charge in [-0.3, -0.25) is 0 Å². The van der Waals surface area contributed by atoms with E-state index in [1.165, 1.54) is 44.2 Å². The third-order valence-electron chi connectivity index (χ3n) is 4.31. The molecule has 0 amide bonds. The van der Waals surface area contributed by atoms with Gasteiger partial charge in [-0.05, 0) is 63.5 Å². The lowest BCUT2D eigenvalue weighted by atomic mass is 9.94. The van der Waals surface area contributed by atoms with E-state index >= 15 is 0 Å². The molecule has 0 aliphatic heterocycles. The van der Waals surface area contributed by atoms with Gasteiger partial charge in [-0.15, -0.1) is 27.7 Å². The number of benzene rings is 3. The van der Waals surface area contributed by atoms with Crippen molar-refractivity contribution in [1.82, 2.24) is 0 Å². The minimum Gasteiger partial charge on any atom is -0.133 e. The van der Waals surface area contributed by atoms with Crippen molar-refractivity contribution in [3.05, 3.63) is 77.4 Å². The zero-order chi connectivity index (χ0) is 17.1. The van der Waals surface area contributed by atoms with Gasteiger partial charge in [0.25, 0.3) is 0 Å². The molecule has 3 aromatic carbocycles. The molecule has 3 heteroatoms. The largest absolute Gasteiger partial charge is 0.133 e. The van der Waals surface area contributed by atoms with E-state index in [-0.39, 0.29) is 0 Å². The van der Waals surface area contributed by atoms with E-state index in [1.807, 2.05) is 0 Å². The molecule has 122 valence electrons. The van der Waals surface area contributed by atoms with Crippen LogP contribution < -0.4 is 5.30 Å². The SMILES string of the molecule is Cc1cc(-c2ccc(P)cc2)ccc1-c1cc(CP)cc(CP)c1. The Kier molecular flexibility index (Phi) is 5.84. The van der Waals surface area contributed by atoms with Crippen molar-refractivity contribution >= 4 is 33.0 Å². The molecule has 3 aromatic rings.